The highest BCUT2D eigenvalue weighted by atomic mass is 32.2. The van der Waals surface area contributed by atoms with Crippen LogP contribution in [0.4, 0.5) is 0 Å². The molecule has 0 aromatic carbocycles. The smallest absolute Gasteiger partial charge is 0.150 e. The average Bonchev–Trinajstić information content (AvgIpc) is 2.81. The first-order valence-electron chi connectivity index (χ1n) is 6.50. The third kappa shape index (κ3) is 3.85. The van der Waals surface area contributed by atoms with Crippen molar-refractivity contribution in [1.29, 1.82) is 0 Å². The lowest BCUT2D eigenvalue weighted by Gasteiger charge is -2.28. The molecule has 1 saturated carbocycles. The topological polar surface area (TPSA) is 59.3 Å². The standard InChI is InChI=1S/C13H21NO3S/c1-18(15,16)13-6-2-4-11(10-13)14-8-7-12-5-3-9-17-12/h3,5,9,11,13-14H,2,4,6-8,10H2,1H3. The maximum Gasteiger partial charge on any atom is 0.150 e. The van der Waals surface area contributed by atoms with Crippen LogP contribution in [0.1, 0.15) is 31.4 Å². The molecule has 2 rings (SSSR count). The highest BCUT2D eigenvalue weighted by Gasteiger charge is 2.28. The van der Waals surface area contributed by atoms with E-state index < -0.39 is 9.84 Å². The van der Waals surface area contributed by atoms with Crippen molar-refractivity contribution < 1.29 is 12.8 Å². The highest BCUT2D eigenvalue weighted by Crippen LogP contribution is 2.23. The summed E-state index contributed by atoms with van der Waals surface area (Å²) in [6.45, 7) is 0.842. The highest BCUT2D eigenvalue weighted by molar-refractivity contribution is 7.91. The summed E-state index contributed by atoms with van der Waals surface area (Å²) in [6, 6.07) is 4.17. The molecule has 1 aromatic heterocycles. The molecule has 1 fully saturated rings. The Morgan fingerprint density at radius 1 is 1.44 bits per heavy atom. The van der Waals surface area contributed by atoms with Crippen molar-refractivity contribution >= 4 is 9.84 Å². The average molecular weight is 271 g/mol. The van der Waals surface area contributed by atoms with Crippen molar-refractivity contribution in [2.24, 2.45) is 0 Å². The molecule has 1 aromatic rings. The molecule has 1 aliphatic rings. The summed E-state index contributed by atoms with van der Waals surface area (Å²) < 4.78 is 28.4. The number of hydrogen-bond donors (Lipinski definition) is 1. The van der Waals surface area contributed by atoms with E-state index in [0.29, 0.717) is 6.04 Å². The van der Waals surface area contributed by atoms with Crippen LogP contribution in [0.5, 0.6) is 0 Å². The van der Waals surface area contributed by atoms with Crippen molar-refractivity contribution in [2.75, 3.05) is 12.8 Å². The van der Waals surface area contributed by atoms with Crippen LogP contribution < -0.4 is 5.32 Å². The molecular weight excluding hydrogens is 250 g/mol. The Hall–Kier alpha value is -0.810. The predicted octanol–water partition coefficient (Wildman–Crippen LogP) is 1.77. The van der Waals surface area contributed by atoms with Gasteiger partial charge in [-0.1, -0.05) is 6.42 Å². The van der Waals surface area contributed by atoms with Crippen LogP contribution in [0, 0.1) is 0 Å². The lowest BCUT2D eigenvalue weighted by Crippen LogP contribution is -2.39. The fourth-order valence-electron chi connectivity index (χ4n) is 2.57. The van der Waals surface area contributed by atoms with Crippen LogP contribution in [0.3, 0.4) is 0 Å². The number of nitrogens with one attached hydrogen (secondary N) is 1. The zero-order chi connectivity index (χ0) is 13.0. The van der Waals surface area contributed by atoms with E-state index in [2.05, 4.69) is 5.32 Å². The molecule has 1 aliphatic carbocycles. The number of sulfone groups is 1. The maximum absolute atomic E-state index is 11.5. The van der Waals surface area contributed by atoms with Gasteiger partial charge in [-0.05, 0) is 31.4 Å². The van der Waals surface area contributed by atoms with Crippen LogP contribution in [0.15, 0.2) is 22.8 Å². The summed E-state index contributed by atoms with van der Waals surface area (Å²) in [5.74, 6) is 0.970. The van der Waals surface area contributed by atoms with Gasteiger partial charge in [0.05, 0.1) is 11.5 Å². The molecule has 0 radical (unpaired) electrons. The summed E-state index contributed by atoms with van der Waals surface area (Å²) in [4.78, 5) is 0. The molecule has 0 saturated heterocycles. The van der Waals surface area contributed by atoms with Crippen LogP contribution in [0.2, 0.25) is 0 Å². The molecule has 1 heterocycles. The normalized spacial score (nSPS) is 25.2. The molecule has 18 heavy (non-hydrogen) atoms. The van der Waals surface area contributed by atoms with Crippen molar-refractivity contribution in [3.63, 3.8) is 0 Å². The number of furan rings is 1. The first kappa shape index (κ1) is 13.6. The molecule has 0 aliphatic heterocycles. The first-order chi connectivity index (χ1) is 8.55. The Labute approximate surface area is 109 Å². The van der Waals surface area contributed by atoms with Crippen LogP contribution in [0.25, 0.3) is 0 Å². The van der Waals surface area contributed by atoms with E-state index in [9.17, 15) is 8.42 Å². The second-order valence-electron chi connectivity index (χ2n) is 5.10. The third-order valence-electron chi connectivity index (χ3n) is 3.62. The Bertz CT molecular complexity index is 453. The number of rotatable bonds is 5. The molecular formula is C13H21NO3S. The Kier molecular flexibility index (Phi) is 4.45. The van der Waals surface area contributed by atoms with Crippen LogP contribution >= 0.6 is 0 Å². The lowest BCUT2D eigenvalue weighted by molar-refractivity contribution is 0.369. The van der Waals surface area contributed by atoms with Gasteiger partial charge in [-0.25, -0.2) is 8.42 Å². The summed E-state index contributed by atoms with van der Waals surface area (Å²) in [6.07, 6.45) is 7.51. The Morgan fingerprint density at radius 3 is 2.94 bits per heavy atom. The quantitative estimate of drug-likeness (QED) is 0.886. The summed E-state index contributed by atoms with van der Waals surface area (Å²) in [5.41, 5.74) is 0. The van der Waals surface area contributed by atoms with Crippen LogP contribution in [-0.4, -0.2) is 32.5 Å². The van der Waals surface area contributed by atoms with E-state index in [1.54, 1.807) is 6.26 Å². The zero-order valence-electron chi connectivity index (χ0n) is 10.8. The Morgan fingerprint density at radius 2 is 2.28 bits per heavy atom. The molecule has 1 N–H and O–H groups in total. The summed E-state index contributed by atoms with van der Waals surface area (Å²) >= 11 is 0. The number of hydrogen-bond acceptors (Lipinski definition) is 4. The molecule has 5 heteroatoms. The van der Waals surface area contributed by atoms with Gasteiger partial charge in [0.2, 0.25) is 0 Å². The fourth-order valence-corrected chi connectivity index (χ4v) is 3.75. The van der Waals surface area contributed by atoms with Gasteiger partial charge in [0.25, 0.3) is 0 Å². The van der Waals surface area contributed by atoms with Crippen LogP contribution in [-0.2, 0) is 16.3 Å². The largest absolute Gasteiger partial charge is 0.469 e. The van der Waals surface area contributed by atoms with Gasteiger partial charge in [0.1, 0.15) is 15.6 Å². The lowest BCUT2D eigenvalue weighted by atomic mass is 9.95. The SMILES string of the molecule is CS(=O)(=O)C1CCCC(NCCc2ccco2)C1. The van der Waals surface area contributed by atoms with E-state index in [4.69, 9.17) is 4.42 Å². The van der Waals surface area contributed by atoms with Crippen molar-refractivity contribution in [3.8, 4) is 0 Å². The maximum atomic E-state index is 11.5. The monoisotopic (exact) mass is 271 g/mol. The van der Waals surface area contributed by atoms with E-state index in [-0.39, 0.29) is 5.25 Å². The molecule has 0 spiro atoms. The predicted molar refractivity (Wildman–Crippen MR) is 71.3 cm³/mol. The second-order valence-corrected chi connectivity index (χ2v) is 7.42. The minimum Gasteiger partial charge on any atom is -0.469 e. The minimum atomic E-state index is -2.89. The molecule has 0 amide bonds. The third-order valence-corrected chi connectivity index (χ3v) is 5.26. The van der Waals surface area contributed by atoms with Crippen molar-refractivity contribution in [2.45, 2.75) is 43.4 Å². The van der Waals surface area contributed by atoms with E-state index in [0.717, 1.165) is 44.4 Å². The van der Waals surface area contributed by atoms with Crippen molar-refractivity contribution in [1.82, 2.24) is 5.32 Å². The zero-order valence-corrected chi connectivity index (χ0v) is 11.6. The van der Waals surface area contributed by atoms with Gasteiger partial charge in [0, 0.05) is 25.3 Å². The second kappa shape index (κ2) is 5.89. The summed E-state index contributed by atoms with van der Waals surface area (Å²) in [7, 11) is -2.89. The molecule has 2 unspecified atom stereocenters. The Balaban J connectivity index is 1.76. The van der Waals surface area contributed by atoms with Gasteiger partial charge >= 0.3 is 0 Å². The molecule has 0 bridgehead atoms. The van der Waals surface area contributed by atoms with E-state index in [1.807, 2.05) is 12.1 Å². The molecule has 4 nitrogen and oxygen atoms in total. The minimum absolute atomic E-state index is 0.160. The van der Waals surface area contributed by atoms with Crippen molar-refractivity contribution in [3.05, 3.63) is 24.2 Å². The first-order valence-corrected chi connectivity index (χ1v) is 8.46. The fraction of sp³-hybridized carbons (Fsp3) is 0.692. The molecule has 102 valence electrons. The van der Waals surface area contributed by atoms with Gasteiger partial charge < -0.3 is 9.73 Å². The molecule has 2 atom stereocenters. The van der Waals surface area contributed by atoms with Gasteiger partial charge in [-0.2, -0.15) is 0 Å². The van der Waals surface area contributed by atoms with E-state index in [1.165, 1.54) is 6.26 Å². The van der Waals surface area contributed by atoms with E-state index >= 15 is 0 Å². The van der Waals surface area contributed by atoms with Gasteiger partial charge in [-0.3, -0.25) is 0 Å². The van der Waals surface area contributed by atoms with Gasteiger partial charge in [0.15, 0.2) is 0 Å². The summed E-state index contributed by atoms with van der Waals surface area (Å²) in [5, 5.41) is 3.28. The van der Waals surface area contributed by atoms with Gasteiger partial charge in [-0.15, -0.1) is 0 Å².